The van der Waals surface area contributed by atoms with Crippen LogP contribution in [-0.4, -0.2) is 23.2 Å². The number of anilines is 1. The number of halogens is 2. The van der Waals surface area contributed by atoms with Crippen molar-refractivity contribution in [2.24, 2.45) is 5.92 Å². The highest BCUT2D eigenvalue weighted by molar-refractivity contribution is 6.44. The Hall–Kier alpha value is -0.970. The fourth-order valence-electron chi connectivity index (χ4n) is 2.72. The number of aliphatic hydroxyl groups is 1. The van der Waals surface area contributed by atoms with Crippen LogP contribution in [0.2, 0.25) is 10.0 Å². The first-order valence-electron chi connectivity index (χ1n) is 7.05. The molecule has 0 aliphatic heterocycles. The first-order valence-corrected chi connectivity index (χ1v) is 7.80. The molecule has 1 saturated carbocycles. The lowest BCUT2D eigenvalue weighted by molar-refractivity contribution is 0.0717. The minimum Gasteiger partial charge on any atom is -0.399 e. The van der Waals surface area contributed by atoms with Crippen LogP contribution in [0.3, 0.4) is 0 Å². The van der Waals surface area contributed by atoms with Gasteiger partial charge in [0.15, 0.2) is 0 Å². The zero-order valence-electron chi connectivity index (χ0n) is 12.0. The highest BCUT2D eigenvalue weighted by Crippen LogP contribution is 2.33. The molecule has 21 heavy (non-hydrogen) atoms. The van der Waals surface area contributed by atoms with Gasteiger partial charge in [-0.25, -0.2) is 0 Å². The maximum absolute atomic E-state index is 12.5. The molecule has 0 saturated heterocycles. The van der Waals surface area contributed by atoms with Gasteiger partial charge in [0.25, 0.3) is 5.91 Å². The van der Waals surface area contributed by atoms with Crippen molar-refractivity contribution in [1.29, 1.82) is 0 Å². The molecule has 1 aromatic carbocycles. The van der Waals surface area contributed by atoms with E-state index in [0.717, 1.165) is 25.7 Å². The molecule has 0 aromatic heterocycles. The van der Waals surface area contributed by atoms with Crippen LogP contribution in [-0.2, 0) is 0 Å². The second-order valence-corrected chi connectivity index (χ2v) is 6.72. The number of benzene rings is 1. The Morgan fingerprint density at radius 2 is 2.05 bits per heavy atom. The Morgan fingerprint density at radius 1 is 1.43 bits per heavy atom. The number of hydrogen-bond acceptors (Lipinski definition) is 3. The SMILES string of the molecule is CC1CCC(CO)(NC(=O)c2cc(N)cc(Cl)c2Cl)CC1. The summed E-state index contributed by atoms with van der Waals surface area (Å²) in [5.41, 5.74) is 5.75. The molecule has 1 fully saturated rings. The number of amides is 1. The lowest BCUT2D eigenvalue weighted by Crippen LogP contribution is -2.53. The average molecular weight is 331 g/mol. The quantitative estimate of drug-likeness (QED) is 0.744. The highest BCUT2D eigenvalue weighted by Gasteiger charge is 2.35. The van der Waals surface area contributed by atoms with Crippen LogP contribution < -0.4 is 11.1 Å². The summed E-state index contributed by atoms with van der Waals surface area (Å²) in [6, 6.07) is 3.00. The Labute approximate surface area is 134 Å². The van der Waals surface area contributed by atoms with Gasteiger partial charge in [-0.3, -0.25) is 4.79 Å². The van der Waals surface area contributed by atoms with E-state index in [2.05, 4.69) is 12.2 Å². The van der Waals surface area contributed by atoms with Crippen LogP contribution in [0.15, 0.2) is 12.1 Å². The molecule has 4 N–H and O–H groups in total. The Bertz CT molecular complexity index is 541. The standard InChI is InChI=1S/C15H20Cl2N2O2/c1-9-2-4-15(8-20,5-3-9)19-14(21)11-6-10(18)7-12(16)13(11)17/h6-7,9,20H,2-5,8,18H2,1H3,(H,19,21). The lowest BCUT2D eigenvalue weighted by atomic mass is 9.77. The number of nitrogen functional groups attached to an aromatic ring is 1. The molecular formula is C15H20Cl2N2O2. The molecule has 1 aliphatic rings. The summed E-state index contributed by atoms with van der Waals surface area (Å²) < 4.78 is 0. The summed E-state index contributed by atoms with van der Waals surface area (Å²) in [5, 5.41) is 13.1. The normalized spacial score (nSPS) is 25.6. The number of carbonyl (C=O) groups excluding carboxylic acids is 1. The van der Waals surface area contributed by atoms with Gasteiger partial charge in [-0.1, -0.05) is 30.1 Å². The third-order valence-electron chi connectivity index (χ3n) is 4.21. The van der Waals surface area contributed by atoms with E-state index >= 15 is 0 Å². The van der Waals surface area contributed by atoms with Gasteiger partial charge < -0.3 is 16.2 Å². The Balaban J connectivity index is 2.21. The Morgan fingerprint density at radius 3 is 2.62 bits per heavy atom. The third kappa shape index (κ3) is 3.62. The van der Waals surface area contributed by atoms with E-state index in [0.29, 0.717) is 11.6 Å². The van der Waals surface area contributed by atoms with Crippen molar-refractivity contribution in [2.45, 2.75) is 38.1 Å². The summed E-state index contributed by atoms with van der Waals surface area (Å²) in [6.45, 7) is 2.09. The van der Waals surface area contributed by atoms with Gasteiger partial charge in [-0.05, 0) is 43.7 Å². The van der Waals surface area contributed by atoms with Crippen LogP contribution in [0.1, 0.15) is 43.0 Å². The van der Waals surface area contributed by atoms with Gasteiger partial charge in [-0.15, -0.1) is 0 Å². The average Bonchev–Trinajstić information content (AvgIpc) is 2.45. The predicted octanol–water partition coefficient (Wildman–Crippen LogP) is 3.25. The summed E-state index contributed by atoms with van der Waals surface area (Å²) in [5.74, 6) is 0.268. The molecule has 0 spiro atoms. The second-order valence-electron chi connectivity index (χ2n) is 5.94. The van der Waals surface area contributed by atoms with Crippen molar-refractivity contribution < 1.29 is 9.90 Å². The molecule has 4 nitrogen and oxygen atoms in total. The van der Waals surface area contributed by atoms with Crippen LogP contribution >= 0.6 is 23.2 Å². The molecule has 0 bridgehead atoms. The van der Waals surface area contributed by atoms with E-state index in [1.54, 1.807) is 0 Å². The molecular weight excluding hydrogens is 311 g/mol. The van der Waals surface area contributed by atoms with Gasteiger partial charge in [0, 0.05) is 5.69 Å². The van der Waals surface area contributed by atoms with Gasteiger partial charge in [0.2, 0.25) is 0 Å². The van der Waals surface area contributed by atoms with Gasteiger partial charge >= 0.3 is 0 Å². The second kappa shape index (κ2) is 6.42. The number of hydrogen-bond donors (Lipinski definition) is 3. The van der Waals surface area contributed by atoms with Gasteiger partial charge in [-0.2, -0.15) is 0 Å². The monoisotopic (exact) mass is 330 g/mol. The molecule has 0 atom stereocenters. The van der Waals surface area contributed by atoms with Crippen molar-refractivity contribution in [3.8, 4) is 0 Å². The van der Waals surface area contributed by atoms with Crippen LogP contribution in [0.4, 0.5) is 5.69 Å². The van der Waals surface area contributed by atoms with Crippen LogP contribution in [0, 0.1) is 5.92 Å². The van der Waals surface area contributed by atoms with Crippen molar-refractivity contribution in [3.63, 3.8) is 0 Å². The predicted molar refractivity (Wildman–Crippen MR) is 85.8 cm³/mol. The van der Waals surface area contributed by atoms with Crippen molar-refractivity contribution >= 4 is 34.8 Å². The first-order chi connectivity index (χ1) is 9.87. The molecule has 116 valence electrons. The van der Waals surface area contributed by atoms with Crippen molar-refractivity contribution in [1.82, 2.24) is 5.32 Å². The molecule has 1 aliphatic carbocycles. The summed E-state index contributed by atoms with van der Waals surface area (Å²) in [6.07, 6.45) is 3.46. The summed E-state index contributed by atoms with van der Waals surface area (Å²) in [7, 11) is 0. The van der Waals surface area contributed by atoms with E-state index in [-0.39, 0.29) is 28.1 Å². The number of nitrogens with one attached hydrogen (secondary N) is 1. The third-order valence-corrected chi connectivity index (χ3v) is 5.01. The van der Waals surface area contributed by atoms with E-state index in [1.165, 1.54) is 12.1 Å². The van der Waals surface area contributed by atoms with Crippen molar-refractivity contribution in [2.75, 3.05) is 12.3 Å². The lowest BCUT2D eigenvalue weighted by Gasteiger charge is -2.38. The number of rotatable bonds is 3. The smallest absolute Gasteiger partial charge is 0.253 e. The fraction of sp³-hybridized carbons (Fsp3) is 0.533. The largest absolute Gasteiger partial charge is 0.399 e. The number of aliphatic hydroxyl groups excluding tert-OH is 1. The first kappa shape index (κ1) is 16.4. The maximum Gasteiger partial charge on any atom is 0.253 e. The molecule has 1 amide bonds. The molecule has 6 heteroatoms. The minimum atomic E-state index is -0.579. The topological polar surface area (TPSA) is 75.3 Å². The van der Waals surface area contributed by atoms with E-state index in [4.69, 9.17) is 28.9 Å². The summed E-state index contributed by atoms with van der Waals surface area (Å²) in [4.78, 5) is 12.5. The summed E-state index contributed by atoms with van der Waals surface area (Å²) >= 11 is 12.0. The zero-order chi connectivity index (χ0) is 15.6. The number of nitrogens with two attached hydrogens (primary N) is 1. The maximum atomic E-state index is 12.5. The number of carbonyl (C=O) groups is 1. The zero-order valence-corrected chi connectivity index (χ0v) is 13.5. The van der Waals surface area contributed by atoms with E-state index < -0.39 is 5.54 Å². The van der Waals surface area contributed by atoms with Crippen LogP contribution in [0.5, 0.6) is 0 Å². The molecule has 2 rings (SSSR count). The van der Waals surface area contributed by atoms with E-state index in [9.17, 15) is 9.90 Å². The Kier molecular flexibility index (Phi) is 5.02. The minimum absolute atomic E-state index is 0.0842. The van der Waals surface area contributed by atoms with Gasteiger partial charge in [0.05, 0.1) is 27.8 Å². The molecule has 0 unspecified atom stereocenters. The highest BCUT2D eigenvalue weighted by atomic mass is 35.5. The van der Waals surface area contributed by atoms with E-state index in [1.807, 2.05) is 0 Å². The molecule has 0 heterocycles. The van der Waals surface area contributed by atoms with Crippen LogP contribution in [0.25, 0.3) is 0 Å². The molecule has 0 radical (unpaired) electrons. The molecule has 1 aromatic rings. The van der Waals surface area contributed by atoms with Gasteiger partial charge in [0.1, 0.15) is 0 Å². The van der Waals surface area contributed by atoms with Crippen molar-refractivity contribution in [3.05, 3.63) is 27.7 Å². The fourth-order valence-corrected chi connectivity index (χ4v) is 3.14.